The number of amides is 1. The summed E-state index contributed by atoms with van der Waals surface area (Å²) in [7, 11) is 1.60. The molecule has 0 aromatic heterocycles. The molecule has 0 radical (unpaired) electrons. The summed E-state index contributed by atoms with van der Waals surface area (Å²) in [6.07, 6.45) is 5.09. The highest BCUT2D eigenvalue weighted by Crippen LogP contribution is 2.44. The predicted molar refractivity (Wildman–Crippen MR) is 69.7 cm³/mol. The van der Waals surface area contributed by atoms with Gasteiger partial charge in [0.05, 0.1) is 12.7 Å². The minimum atomic E-state index is 0.00463. The lowest BCUT2D eigenvalue weighted by Gasteiger charge is -2.23. The van der Waals surface area contributed by atoms with Gasteiger partial charge in [-0.05, 0) is 43.2 Å². The van der Waals surface area contributed by atoms with E-state index in [1.165, 1.54) is 19.3 Å². The van der Waals surface area contributed by atoms with Crippen molar-refractivity contribution in [2.45, 2.75) is 31.7 Å². The molecule has 0 heterocycles. The van der Waals surface area contributed by atoms with Crippen LogP contribution in [0.25, 0.3) is 0 Å². The number of carbonyl (C=O) groups is 1. The number of rotatable bonds is 3. The van der Waals surface area contributed by atoms with Crippen molar-refractivity contribution >= 4 is 5.91 Å². The van der Waals surface area contributed by atoms with E-state index in [9.17, 15) is 4.79 Å². The van der Waals surface area contributed by atoms with Crippen molar-refractivity contribution in [2.75, 3.05) is 7.11 Å². The summed E-state index contributed by atoms with van der Waals surface area (Å²) in [5.74, 6) is 2.20. The van der Waals surface area contributed by atoms with Crippen LogP contribution in [0, 0.1) is 11.8 Å². The van der Waals surface area contributed by atoms with E-state index in [1.807, 2.05) is 24.3 Å². The Bertz CT molecular complexity index is 458. The van der Waals surface area contributed by atoms with Crippen molar-refractivity contribution in [3.63, 3.8) is 0 Å². The molecule has 3 nitrogen and oxygen atoms in total. The number of carbonyl (C=O) groups excluding carboxylic acids is 1. The van der Waals surface area contributed by atoms with Crippen molar-refractivity contribution in [1.82, 2.24) is 5.32 Å². The van der Waals surface area contributed by atoms with Crippen molar-refractivity contribution in [1.29, 1.82) is 0 Å². The monoisotopic (exact) mass is 245 g/mol. The molecule has 0 saturated heterocycles. The van der Waals surface area contributed by atoms with Gasteiger partial charge in [0, 0.05) is 6.04 Å². The second-order valence-corrected chi connectivity index (χ2v) is 5.46. The van der Waals surface area contributed by atoms with Crippen LogP contribution in [0.15, 0.2) is 24.3 Å². The Balaban J connectivity index is 1.71. The van der Waals surface area contributed by atoms with Gasteiger partial charge in [0.1, 0.15) is 5.75 Å². The minimum absolute atomic E-state index is 0.00463. The second kappa shape index (κ2) is 4.63. The third kappa shape index (κ3) is 1.98. The summed E-state index contributed by atoms with van der Waals surface area (Å²) in [5, 5.41) is 3.18. The van der Waals surface area contributed by atoms with Crippen LogP contribution in [0.2, 0.25) is 0 Å². The van der Waals surface area contributed by atoms with Crippen LogP contribution in [-0.2, 0) is 0 Å². The van der Waals surface area contributed by atoms with Gasteiger partial charge >= 0.3 is 0 Å². The maximum atomic E-state index is 12.3. The Hall–Kier alpha value is -1.51. The molecule has 3 heteroatoms. The first kappa shape index (κ1) is 11.6. The van der Waals surface area contributed by atoms with E-state index in [4.69, 9.17) is 4.74 Å². The molecule has 1 aromatic rings. The van der Waals surface area contributed by atoms with Crippen molar-refractivity contribution in [3.05, 3.63) is 29.8 Å². The van der Waals surface area contributed by atoms with E-state index in [2.05, 4.69) is 5.32 Å². The molecule has 96 valence electrons. The predicted octanol–water partition coefficient (Wildman–Crippen LogP) is 2.61. The lowest BCUT2D eigenvalue weighted by molar-refractivity contribution is 0.0920. The van der Waals surface area contributed by atoms with Crippen LogP contribution in [0.4, 0.5) is 0 Å². The molecule has 1 N–H and O–H groups in total. The number of ether oxygens (including phenoxy) is 1. The molecule has 2 bridgehead atoms. The number of para-hydroxylation sites is 1. The Morgan fingerprint density at radius 2 is 2.11 bits per heavy atom. The Labute approximate surface area is 108 Å². The van der Waals surface area contributed by atoms with Crippen LogP contribution in [0.3, 0.4) is 0 Å². The first-order valence-corrected chi connectivity index (χ1v) is 6.72. The lowest BCUT2D eigenvalue weighted by atomic mass is 9.95. The largest absolute Gasteiger partial charge is 0.496 e. The Morgan fingerprint density at radius 3 is 2.78 bits per heavy atom. The summed E-state index contributed by atoms with van der Waals surface area (Å²) in [4.78, 5) is 12.3. The zero-order chi connectivity index (χ0) is 12.5. The van der Waals surface area contributed by atoms with Crippen LogP contribution >= 0.6 is 0 Å². The summed E-state index contributed by atoms with van der Waals surface area (Å²) >= 11 is 0. The Morgan fingerprint density at radius 1 is 1.28 bits per heavy atom. The van der Waals surface area contributed by atoms with E-state index < -0.39 is 0 Å². The molecule has 1 aromatic carbocycles. The van der Waals surface area contributed by atoms with Crippen molar-refractivity contribution in [3.8, 4) is 5.75 Å². The number of benzene rings is 1. The maximum Gasteiger partial charge on any atom is 0.255 e. The quantitative estimate of drug-likeness (QED) is 0.889. The van der Waals surface area contributed by atoms with Gasteiger partial charge < -0.3 is 10.1 Å². The van der Waals surface area contributed by atoms with Crippen LogP contribution < -0.4 is 10.1 Å². The molecule has 0 aliphatic heterocycles. The normalized spacial score (nSPS) is 29.3. The van der Waals surface area contributed by atoms with Crippen LogP contribution in [0.5, 0.6) is 5.75 Å². The van der Waals surface area contributed by atoms with Crippen LogP contribution in [0.1, 0.15) is 36.0 Å². The third-order valence-corrected chi connectivity index (χ3v) is 4.41. The summed E-state index contributed by atoms with van der Waals surface area (Å²) < 4.78 is 5.23. The number of nitrogens with one attached hydrogen (secondary N) is 1. The zero-order valence-corrected chi connectivity index (χ0v) is 10.7. The molecule has 2 fully saturated rings. The molecule has 18 heavy (non-hydrogen) atoms. The van der Waals surface area contributed by atoms with Gasteiger partial charge in [-0.25, -0.2) is 0 Å². The SMILES string of the molecule is COc1ccccc1C(=O)N[C@H]1C[C@H]2CC[C@@H]1C2. The molecule has 3 rings (SSSR count). The highest BCUT2D eigenvalue weighted by molar-refractivity contribution is 5.97. The van der Waals surface area contributed by atoms with E-state index in [0.29, 0.717) is 23.3 Å². The molecule has 2 aliphatic carbocycles. The van der Waals surface area contributed by atoms with Gasteiger partial charge in [0.15, 0.2) is 0 Å². The first-order valence-electron chi connectivity index (χ1n) is 6.72. The van der Waals surface area contributed by atoms with Crippen LogP contribution in [-0.4, -0.2) is 19.1 Å². The maximum absolute atomic E-state index is 12.3. The fourth-order valence-electron chi connectivity index (χ4n) is 3.50. The molecular formula is C15H19NO2. The minimum Gasteiger partial charge on any atom is -0.496 e. The smallest absolute Gasteiger partial charge is 0.255 e. The third-order valence-electron chi connectivity index (χ3n) is 4.41. The van der Waals surface area contributed by atoms with E-state index in [-0.39, 0.29) is 5.91 Å². The van der Waals surface area contributed by atoms with Crippen molar-refractivity contribution < 1.29 is 9.53 Å². The van der Waals surface area contributed by atoms with Gasteiger partial charge in [0.2, 0.25) is 0 Å². The fourth-order valence-corrected chi connectivity index (χ4v) is 3.50. The number of fused-ring (bicyclic) bond motifs is 2. The highest BCUT2D eigenvalue weighted by Gasteiger charge is 2.40. The Kier molecular flexibility index (Phi) is 2.98. The molecule has 3 atom stereocenters. The van der Waals surface area contributed by atoms with Gasteiger partial charge in [-0.1, -0.05) is 18.6 Å². The van der Waals surface area contributed by atoms with E-state index in [0.717, 1.165) is 12.3 Å². The first-order chi connectivity index (χ1) is 8.78. The summed E-state index contributed by atoms with van der Waals surface area (Å²) in [6, 6.07) is 7.78. The van der Waals surface area contributed by atoms with E-state index in [1.54, 1.807) is 7.11 Å². The highest BCUT2D eigenvalue weighted by atomic mass is 16.5. The zero-order valence-electron chi connectivity index (χ0n) is 10.7. The van der Waals surface area contributed by atoms with Gasteiger partial charge in [-0.3, -0.25) is 4.79 Å². The summed E-state index contributed by atoms with van der Waals surface area (Å²) in [6.45, 7) is 0. The number of methoxy groups -OCH3 is 1. The molecule has 1 amide bonds. The van der Waals surface area contributed by atoms with Gasteiger partial charge in [-0.2, -0.15) is 0 Å². The lowest BCUT2D eigenvalue weighted by Crippen LogP contribution is -2.38. The average Bonchev–Trinajstić information content (AvgIpc) is 3.01. The molecule has 2 aliphatic rings. The van der Waals surface area contributed by atoms with E-state index >= 15 is 0 Å². The number of hydrogen-bond donors (Lipinski definition) is 1. The molecule has 2 saturated carbocycles. The molecular weight excluding hydrogens is 226 g/mol. The van der Waals surface area contributed by atoms with Crippen molar-refractivity contribution in [2.24, 2.45) is 11.8 Å². The second-order valence-electron chi connectivity index (χ2n) is 5.46. The fraction of sp³-hybridized carbons (Fsp3) is 0.533. The van der Waals surface area contributed by atoms with Gasteiger partial charge in [0.25, 0.3) is 5.91 Å². The molecule has 0 unspecified atom stereocenters. The standard InChI is InChI=1S/C15H19NO2/c1-18-14-5-3-2-4-12(14)15(17)16-13-9-10-6-7-11(13)8-10/h2-5,10-11,13H,6-9H2,1H3,(H,16,17)/t10-,11+,13-/m0/s1. The van der Waals surface area contributed by atoms with Gasteiger partial charge in [-0.15, -0.1) is 0 Å². The molecule has 0 spiro atoms. The summed E-state index contributed by atoms with van der Waals surface area (Å²) in [5.41, 5.74) is 0.641. The average molecular weight is 245 g/mol. The number of hydrogen-bond acceptors (Lipinski definition) is 2. The topological polar surface area (TPSA) is 38.3 Å².